The van der Waals surface area contributed by atoms with Crippen molar-refractivity contribution < 1.29 is 17.9 Å². The Kier molecular flexibility index (Phi) is 6.19. The Balaban J connectivity index is 3.03. The first-order valence-corrected chi connectivity index (χ1v) is 6.89. The molecule has 0 saturated carbocycles. The van der Waals surface area contributed by atoms with Gasteiger partial charge in [0.1, 0.15) is 12.1 Å². The van der Waals surface area contributed by atoms with Gasteiger partial charge in [0.25, 0.3) is 0 Å². The summed E-state index contributed by atoms with van der Waals surface area (Å²) in [6.07, 6.45) is 0.646. The van der Waals surface area contributed by atoms with Crippen LogP contribution in [0.3, 0.4) is 0 Å². The van der Waals surface area contributed by atoms with Crippen molar-refractivity contribution in [1.29, 1.82) is 0 Å². The molecule has 1 rings (SSSR count). The molecule has 1 aromatic heterocycles. The van der Waals surface area contributed by atoms with Gasteiger partial charge in [0.15, 0.2) is 6.61 Å². The van der Waals surface area contributed by atoms with Crippen molar-refractivity contribution in [3.8, 4) is 0 Å². The lowest BCUT2D eigenvalue weighted by Gasteiger charge is -2.14. The third kappa shape index (κ3) is 5.74. The second kappa shape index (κ2) is 7.44. The molecule has 116 valence electrons. The summed E-state index contributed by atoms with van der Waals surface area (Å²) >= 11 is 3.11. The number of nitrogens with zero attached hydrogens (tertiary/aromatic N) is 3. The van der Waals surface area contributed by atoms with Crippen molar-refractivity contribution in [2.75, 3.05) is 6.61 Å². The van der Waals surface area contributed by atoms with E-state index in [4.69, 9.17) is 4.74 Å². The van der Waals surface area contributed by atoms with Gasteiger partial charge in [-0.25, -0.2) is 9.67 Å². The van der Waals surface area contributed by atoms with Gasteiger partial charge in [-0.05, 0) is 34.8 Å². The normalized spacial score (nSPS) is 13.4. The summed E-state index contributed by atoms with van der Waals surface area (Å²) in [5, 5.41) is 4.03. The average Bonchev–Trinajstić information content (AvgIpc) is 2.83. The van der Waals surface area contributed by atoms with Crippen molar-refractivity contribution >= 4 is 21.6 Å². The molecule has 0 aromatic carbocycles. The van der Waals surface area contributed by atoms with E-state index in [9.17, 15) is 13.2 Å². The lowest BCUT2D eigenvalue weighted by Crippen LogP contribution is -2.17. The molecule has 4 nitrogen and oxygen atoms in total. The molecule has 21 heavy (non-hydrogen) atoms. The van der Waals surface area contributed by atoms with Gasteiger partial charge in [-0.3, -0.25) is 0 Å². The van der Waals surface area contributed by atoms with Gasteiger partial charge >= 0.3 is 6.18 Å². The summed E-state index contributed by atoms with van der Waals surface area (Å²) in [6, 6.07) is 0. The van der Waals surface area contributed by atoms with Crippen LogP contribution in [0, 0.1) is 0 Å². The van der Waals surface area contributed by atoms with E-state index in [-0.39, 0.29) is 5.76 Å². The van der Waals surface area contributed by atoms with Crippen LogP contribution in [0.5, 0.6) is 0 Å². The number of alkyl halides is 3. The summed E-state index contributed by atoms with van der Waals surface area (Å²) in [5.41, 5.74) is 0.998. The molecule has 0 unspecified atom stereocenters. The van der Waals surface area contributed by atoms with E-state index in [0.29, 0.717) is 22.4 Å². The minimum absolute atomic E-state index is 0.0783. The predicted octanol–water partition coefficient (Wildman–Crippen LogP) is 4.33. The molecule has 8 heteroatoms. The van der Waals surface area contributed by atoms with E-state index in [1.54, 1.807) is 19.9 Å². The Morgan fingerprint density at radius 3 is 2.62 bits per heavy atom. The highest BCUT2D eigenvalue weighted by Gasteiger charge is 2.29. The van der Waals surface area contributed by atoms with E-state index in [1.165, 1.54) is 17.1 Å². The fourth-order valence-electron chi connectivity index (χ4n) is 1.36. The topological polar surface area (TPSA) is 39.9 Å². The smallest absolute Gasteiger partial charge is 0.422 e. The van der Waals surface area contributed by atoms with Crippen LogP contribution in [0.4, 0.5) is 13.2 Å². The second-order valence-corrected chi connectivity index (χ2v) is 4.75. The molecule has 1 aromatic rings. The van der Waals surface area contributed by atoms with Crippen LogP contribution in [-0.2, 0) is 4.74 Å². The molecule has 0 bridgehead atoms. The number of ether oxygens (including phenoxy) is 1. The fraction of sp³-hybridized carbons (Fsp3) is 0.385. The van der Waals surface area contributed by atoms with Crippen LogP contribution in [0.25, 0.3) is 5.70 Å². The first kappa shape index (κ1) is 17.5. The third-order valence-electron chi connectivity index (χ3n) is 2.47. The monoisotopic (exact) mass is 365 g/mol. The molecule has 0 amide bonds. The van der Waals surface area contributed by atoms with E-state index in [0.717, 1.165) is 0 Å². The van der Waals surface area contributed by atoms with Crippen LogP contribution in [0.1, 0.15) is 20.3 Å². The molecule has 0 spiro atoms. The first-order chi connectivity index (χ1) is 9.76. The van der Waals surface area contributed by atoms with Crippen molar-refractivity contribution in [2.45, 2.75) is 26.4 Å². The lowest BCUT2D eigenvalue weighted by atomic mass is 10.1. The van der Waals surface area contributed by atoms with Gasteiger partial charge in [-0.1, -0.05) is 19.6 Å². The summed E-state index contributed by atoms with van der Waals surface area (Å²) in [7, 11) is 0. The van der Waals surface area contributed by atoms with Gasteiger partial charge in [0.05, 0.1) is 5.70 Å². The Hall–Kier alpha value is -1.57. The molecule has 1 heterocycles. The minimum Gasteiger partial charge on any atom is -0.484 e. The van der Waals surface area contributed by atoms with E-state index in [2.05, 4.69) is 32.6 Å². The number of allylic oxidation sites excluding steroid dienone is 4. The number of hydrogen-bond donors (Lipinski definition) is 0. The summed E-state index contributed by atoms with van der Waals surface area (Å²) in [6.45, 7) is 5.87. The maximum absolute atomic E-state index is 12.3. The highest BCUT2D eigenvalue weighted by Crippen LogP contribution is 2.22. The van der Waals surface area contributed by atoms with Crippen molar-refractivity contribution in [2.24, 2.45) is 0 Å². The standard InChI is InChI=1S/C13H15BrF3N3O/c1-4-9(3)11(21-7-13(15,16)17)6-10(5-2)20-8-18-12(14)19-20/h5-6,8H,3-4,7H2,1-2H3/b10-5+,11-6+. The third-order valence-corrected chi connectivity index (χ3v) is 2.83. The molecular formula is C13H15BrF3N3O. The first-order valence-electron chi connectivity index (χ1n) is 6.10. The van der Waals surface area contributed by atoms with Crippen molar-refractivity contribution in [1.82, 2.24) is 14.8 Å². The zero-order valence-corrected chi connectivity index (χ0v) is 13.2. The average molecular weight is 366 g/mol. The number of aromatic nitrogens is 3. The largest absolute Gasteiger partial charge is 0.484 e. The maximum atomic E-state index is 12.3. The quantitative estimate of drug-likeness (QED) is 0.556. The number of halogens is 4. The number of hydrogen-bond acceptors (Lipinski definition) is 3. The summed E-state index contributed by atoms with van der Waals surface area (Å²) in [4.78, 5) is 3.90. The van der Waals surface area contributed by atoms with Crippen LogP contribution < -0.4 is 0 Å². The van der Waals surface area contributed by atoms with Gasteiger partial charge < -0.3 is 4.74 Å². The van der Waals surface area contributed by atoms with E-state index < -0.39 is 12.8 Å². The molecular weight excluding hydrogens is 351 g/mol. The summed E-state index contributed by atoms with van der Waals surface area (Å²) < 4.78 is 43.5. The SMILES string of the molecule is C=C(CC)/C(=C\C(=C/C)n1cnc(Br)n1)OCC(F)(F)F. The molecule has 0 aliphatic rings. The summed E-state index contributed by atoms with van der Waals surface area (Å²) in [5.74, 6) is 0.0783. The van der Waals surface area contributed by atoms with Gasteiger partial charge in [0.2, 0.25) is 4.73 Å². The molecule has 0 fully saturated rings. The molecule has 0 aliphatic heterocycles. The zero-order valence-electron chi connectivity index (χ0n) is 11.6. The molecule has 0 atom stereocenters. The predicted molar refractivity (Wildman–Crippen MR) is 77.2 cm³/mol. The van der Waals surface area contributed by atoms with E-state index in [1.807, 2.05) is 0 Å². The van der Waals surface area contributed by atoms with Gasteiger partial charge in [-0.15, -0.1) is 5.10 Å². The van der Waals surface area contributed by atoms with Gasteiger partial charge in [-0.2, -0.15) is 13.2 Å². The minimum atomic E-state index is -4.40. The van der Waals surface area contributed by atoms with E-state index >= 15 is 0 Å². The fourth-order valence-corrected chi connectivity index (χ4v) is 1.63. The Bertz CT molecular complexity index is 561. The highest BCUT2D eigenvalue weighted by molar-refractivity contribution is 9.10. The van der Waals surface area contributed by atoms with Crippen LogP contribution in [-0.4, -0.2) is 27.5 Å². The highest BCUT2D eigenvalue weighted by atomic mass is 79.9. The Morgan fingerprint density at radius 1 is 1.52 bits per heavy atom. The van der Waals surface area contributed by atoms with Crippen LogP contribution in [0.15, 0.2) is 41.1 Å². The Morgan fingerprint density at radius 2 is 2.19 bits per heavy atom. The van der Waals surface area contributed by atoms with Crippen molar-refractivity contribution in [3.63, 3.8) is 0 Å². The van der Waals surface area contributed by atoms with Gasteiger partial charge in [0, 0.05) is 6.08 Å². The van der Waals surface area contributed by atoms with Crippen LogP contribution >= 0.6 is 15.9 Å². The molecule has 0 radical (unpaired) electrons. The lowest BCUT2D eigenvalue weighted by molar-refractivity contribution is -0.164. The Labute approximate surface area is 129 Å². The zero-order chi connectivity index (χ0) is 16.0. The number of rotatable bonds is 6. The maximum Gasteiger partial charge on any atom is 0.422 e. The molecule has 0 N–H and O–H groups in total. The second-order valence-electron chi connectivity index (χ2n) is 4.04. The molecule has 0 aliphatic carbocycles. The molecule has 0 saturated heterocycles. The van der Waals surface area contributed by atoms with Crippen LogP contribution in [0.2, 0.25) is 0 Å². The van der Waals surface area contributed by atoms with Crippen molar-refractivity contribution in [3.05, 3.63) is 41.1 Å².